The first-order chi connectivity index (χ1) is 9.95. The second-order valence-corrected chi connectivity index (χ2v) is 4.73. The lowest BCUT2D eigenvalue weighted by molar-refractivity contribution is 0.0692. The first-order valence-electron chi connectivity index (χ1n) is 6.61. The van der Waals surface area contributed by atoms with Crippen molar-refractivity contribution in [2.45, 2.75) is 13.8 Å². The third-order valence-electron chi connectivity index (χ3n) is 3.36. The lowest BCUT2D eigenvalue weighted by Gasteiger charge is -2.26. The maximum atomic E-state index is 13.9. The van der Waals surface area contributed by atoms with Gasteiger partial charge in [-0.25, -0.2) is 9.18 Å². The number of carboxylic acid groups (broad SMARTS) is 1. The molecule has 0 aromatic heterocycles. The maximum absolute atomic E-state index is 13.9. The third kappa shape index (κ3) is 2.81. The van der Waals surface area contributed by atoms with E-state index in [2.05, 4.69) is 0 Å². The molecule has 0 fully saturated rings. The number of hydrogen-bond acceptors (Lipinski definition) is 3. The number of benzene rings is 2. The van der Waals surface area contributed by atoms with Gasteiger partial charge in [-0.15, -0.1) is 0 Å². The van der Waals surface area contributed by atoms with Crippen LogP contribution in [-0.2, 0) is 0 Å². The van der Waals surface area contributed by atoms with Crippen molar-refractivity contribution in [3.05, 3.63) is 53.3 Å². The summed E-state index contributed by atoms with van der Waals surface area (Å²) in [6.07, 6.45) is 0. The predicted octanol–water partition coefficient (Wildman–Crippen LogP) is 3.57. The standard InChI is InChI=1S/C16H17FN2O2/c1-3-19(14-7-5-4-6-10(14)2)15-9-12(17)11(16(20)21)8-13(15)18/h4-9H,3,18H2,1-2H3,(H,20,21). The smallest absolute Gasteiger partial charge is 0.338 e. The van der Waals surface area contributed by atoms with Gasteiger partial charge in [0.05, 0.1) is 16.9 Å². The molecule has 110 valence electrons. The molecule has 2 aromatic rings. The number of anilines is 3. The molecule has 0 radical (unpaired) electrons. The van der Waals surface area contributed by atoms with Crippen LogP contribution in [-0.4, -0.2) is 17.6 Å². The molecule has 0 spiro atoms. The molecule has 0 saturated carbocycles. The van der Waals surface area contributed by atoms with Crippen molar-refractivity contribution < 1.29 is 14.3 Å². The van der Waals surface area contributed by atoms with E-state index in [-0.39, 0.29) is 5.69 Å². The summed E-state index contributed by atoms with van der Waals surface area (Å²) in [7, 11) is 0. The molecule has 4 nitrogen and oxygen atoms in total. The lowest BCUT2D eigenvalue weighted by Crippen LogP contribution is -2.19. The van der Waals surface area contributed by atoms with Gasteiger partial charge in [0.25, 0.3) is 0 Å². The van der Waals surface area contributed by atoms with Crippen LogP contribution in [0.3, 0.4) is 0 Å². The van der Waals surface area contributed by atoms with Crippen LogP contribution in [0.4, 0.5) is 21.5 Å². The van der Waals surface area contributed by atoms with Gasteiger partial charge in [-0.2, -0.15) is 0 Å². The molecule has 0 saturated heterocycles. The summed E-state index contributed by atoms with van der Waals surface area (Å²) in [6, 6.07) is 10.0. The molecule has 2 aromatic carbocycles. The van der Waals surface area contributed by atoms with Crippen molar-refractivity contribution in [3.63, 3.8) is 0 Å². The highest BCUT2D eigenvalue weighted by molar-refractivity contribution is 5.91. The predicted molar refractivity (Wildman–Crippen MR) is 81.6 cm³/mol. The van der Waals surface area contributed by atoms with Crippen LogP contribution in [0.15, 0.2) is 36.4 Å². The number of nitrogens with two attached hydrogens (primary N) is 1. The summed E-state index contributed by atoms with van der Waals surface area (Å²) >= 11 is 0. The highest BCUT2D eigenvalue weighted by Crippen LogP contribution is 2.33. The summed E-state index contributed by atoms with van der Waals surface area (Å²) in [4.78, 5) is 12.8. The first-order valence-corrected chi connectivity index (χ1v) is 6.61. The van der Waals surface area contributed by atoms with E-state index in [4.69, 9.17) is 10.8 Å². The van der Waals surface area contributed by atoms with Gasteiger partial charge in [-0.1, -0.05) is 18.2 Å². The van der Waals surface area contributed by atoms with Crippen molar-refractivity contribution >= 4 is 23.0 Å². The molecule has 3 N–H and O–H groups in total. The number of hydrogen-bond donors (Lipinski definition) is 2. The van der Waals surface area contributed by atoms with Crippen LogP contribution >= 0.6 is 0 Å². The van der Waals surface area contributed by atoms with Gasteiger partial charge in [0.15, 0.2) is 0 Å². The Kier molecular flexibility index (Phi) is 4.12. The number of carbonyl (C=O) groups is 1. The highest BCUT2D eigenvalue weighted by Gasteiger charge is 2.18. The molecule has 0 bridgehead atoms. The molecule has 0 aliphatic heterocycles. The number of nitrogens with zero attached hydrogens (tertiary/aromatic N) is 1. The van der Waals surface area contributed by atoms with E-state index in [0.717, 1.165) is 17.3 Å². The zero-order valence-electron chi connectivity index (χ0n) is 11.9. The van der Waals surface area contributed by atoms with Crippen LogP contribution in [0.1, 0.15) is 22.8 Å². The normalized spacial score (nSPS) is 10.4. The van der Waals surface area contributed by atoms with E-state index in [1.807, 2.05) is 43.0 Å². The van der Waals surface area contributed by atoms with E-state index >= 15 is 0 Å². The van der Waals surface area contributed by atoms with Gasteiger partial charge < -0.3 is 15.7 Å². The zero-order valence-corrected chi connectivity index (χ0v) is 11.9. The van der Waals surface area contributed by atoms with Crippen LogP contribution in [0.5, 0.6) is 0 Å². The lowest BCUT2D eigenvalue weighted by atomic mass is 10.1. The Balaban J connectivity index is 2.56. The number of nitrogen functional groups attached to an aromatic ring is 1. The van der Waals surface area contributed by atoms with Gasteiger partial charge in [0.2, 0.25) is 0 Å². The average Bonchev–Trinajstić information content (AvgIpc) is 2.44. The molecular weight excluding hydrogens is 271 g/mol. The molecule has 5 heteroatoms. The third-order valence-corrected chi connectivity index (χ3v) is 3.36. The summed E-state index contributed by atoms with van der Waals surface area (Å²) in [5.74, 6) is -2.12. The Bertz CT molecular complexity index is 686. The van der Waals surface area contributed by atoms with Crippen molar-refractivity contribution in [3.8, 4) is 0 Å². The van der Waals surface area contributed by atoms with E-state index in [1.54, 1.807) is 0 Å². The number of halogens is 1. The van der Waals surface area contributed by atoms with Crippen LogP contribution in [0, 0.1) is 12.7 Å². The molecule has 0 atom stereocenters. The minimum atomic E-state index is -1.33. The number of carboxylic acids is 1. The number of aromatic carboxylic acids is 1. The summed E-state index contributed by atoms with van der Waals surface area (Å²) in [5.41, 5.74) is 8.14. The van der Waals surface area contributed by atoms with Crippen molar-refractivity contribution in [2.75, 3.05) is 17.2 Å². The van der Waals surface area contributed by atoms with Gasteiger partial charge in [-0.05, 0) is 31.5 Å². The summed E-state index contributed by atoms with van der Waals surface area (Å²) in [5, 5.41) is 8.93. The second kappa shape index (κ2) is 5.83. The first kappa shape index (κ1) is 14.8. The van der Waals surface area contributed by atoms with Crippen molar-refractivity contribution in [2.24, 2.45) is 0 Å². The topological polar surface area (TPSA) is 66.6 Å². The van der Waals surface area contributed by atoms with Crippen LogP contribution in [0.2, 0.25) is 0 Å². The Hall–Kier alpha value is -2.56. The molecular formula is C16H17FN2O2. The fourth-order valence-electron chi connectivity index (χ4n) is 2.31. The Morgan fingerprint density at radius 1 is 1.29 bits per heavy atom. The Morgan fingerprint density at radius 3 is 2.52 bits per heavy atom. The molecule has 0 heterocycles. The summed E-state index contributed by atoms with van der Waals surface area (Å²) < 4.78 is 13.9. The zero-order chi connectivity index (χ0) is 15.6. The van der Waals surface area contributed by atoms with Gasteiger partial charge >= 0.3 is 5.97 Å². The quantitative estimate of drug-likeness (QED) is 0.844. The number of rotatable bonds is 4. The molecule has 0 aliphatic carbocycles. The molecule has 2 rings (SSSR count). The summed E-state index contributed by atoms with van der Waals surface area (Å²) in [6.45, 7) is 4.46. The van der Waals surface area contributed by atoms with Gasteiger partial charge in [-0.3, -0.25) is 0 Å². The fraction of sp³-hybridized carbons (Fsp3) is 0.188. The van der Waals surface area contributed by atoms with Crippen LogP contribution in [0.25, 0.3) is 0 Å². The number of aryl methyl sites for hydroxylation is 1. The van der Waals surface area contributed by atoms with Gasteiger partial charge in [0, 0.05) is 18.3 Å². The molecule has 0 unspecified atom stereocenters. The SMILES string of the molecule is CCN(c1ccccc1C)c1cc(F)c(C(=O)O)cc1N. The minimum absolute atomic E-state index is 0.235. The fourth-order valence-corrected chi connectivity index (χ4v) is 2.31. The van der Waals surface area contributed by atoms with Gasteiger partial charge in [0.1, 0.15) is 5.82 Å². The second-order valence-electron chi connectivity index (χ2n) is 4.73. The van der Waals surface area contributed by atoms with E-state index in [1.165, 1.54) is 6.07 Å². The van der Waals surface area contributed by atoms with Crippen LogP contribution < -0.4 is 10.6 Å². The largest absolute Gasteiger partial charge is 0.478 e. The molecule has 0 amide bonds. The van der Waals surface area contributed by atoms with E-state index in [9.17, 15) is 9.18 Å². The van der Waals surface area contributed by atoms with E-state index in [0.29, 0.717) is 12.2 Å². The molecule has 21 heavy (non-hydrogen) atoms. The number of para-hydroxylation sites is 1. The molecule has 0 aliphatic rings. The van der Waals surface area contributed by atoms with Crippen molar-refractivity contribution in [1.29, 1.82) is 0 Å². The average molecular weight is 288 g/mol. The van der Waals surface area contributed by atoms with Crippen molar-refractivity contribution in [1.82, 2.24) is 0 Å². The Labute approximate surface area is 122 Å². The van der Waals surface area contributed by atoms with E-state index < -0.39 is 17.3 Å². The minimum Gasteiger partial charge on any atom is -0.478 e. The Morgan fingerprint density at radius 2 is 1.95 bits per heavy atom. The monoisotopic (exact) mass is 288 g/mol. The highest BCUT2D eigenvalue weighted by atomic mass is 19.1. The maximum Gasteiger partial charge on any atom is 0.338 e.